The van der Waals surface area contributed by atoms with Crippen LogP contribution in [0.5, 0.6) is 5.75 Å². The number of carbonyl (C=O) groups is 2. The smallest absolute Gasteiger partial charge is 0.320 e. The van der Waals surface area contributed by atoms with Gasteiger partial charge in [-0.3, -0.25) is 9.59 Å². The number of carboxylic acid groups (broad SMARTS) is 1. The summed E-state index contributed by atoms with van der Waals surface area (Å²) in [5, 5.41) is 12.5. The molecule has 1 unspecified atom stereocenters. The topological polar surface area (TPSA) is 84.9 Å². The van der Waals surface area contributed by atoms with Gasteiger partial charge < -0.3 is 19.9 Å². The fourth-order valence-electron chi connectivity index (χ4n) is 3.27. The molecule has 1 heterocycles. The Morgan fingerprint density at radius 3 is 2.50 bits per heavy atom. The van der Waals surface area contributed by atoms with Crippen molar-refractivity contribution in [3.63, 3.8) is 0 Å². The number of unbranched alkanes of at least 4 members (excludes halogenated alkanes) is 1. The Labute approximate surface area is 154 Å². The van der Waals surface area contributed by atoms with Gasteiger partial charge in [-0.05, 0) is 68.8 Å². The summed E-state index contributed by atoms with van der Waals surface area (Å²) < 4.78 is 10.3. The molecular formula is C20H29NO5. The molecule has 0 bridgehead atoms. The van der Waals surface area contributed by atoms with Crippen LogP contribution in [-0.4, -0.2) is 43.9 Å². The van der Waals surface area contributed by atoms with E-state index in [2.05, 4.69) is 10.1 Å². The van der Waals surface area contributed by atoms with E-state index in [0.29, 0.717) is 6.61 Å². The van der Waals surface area contributed by atoms with Crippen LogP contribution in [0.1, 0.15) is 37.7 Å². The summed E-state index contributed by atoms with van der Waals surface area (Å²) in [5.74, 6) is -1.47. The van der Waals surface area contributed by atoms with Crippen LogP contribution in [0.2, 0.25) is 0 Å². The quantitative estimate of drug-likeness (QED) is 0.378. The van der Waals surface area contributed by atoms with Crippen LogP contribution in [0, 0.1) is 11.8 Å². The Hall–Kier alpha value is -2.08. The molecule has 0 radical (unpaired) electrons. The highest BCUT2D eigenvalue weighted by atomic mass is 16.5. The van der Waals surface area contributed by atoms with Crippen molar-refractivity contribution < 1.29 is 24.2 Å². The number of aliphatic carboxylic acids is 1. The van der Waals surface area contributed by atoms with Crippen LogP contribution >= 0.6 is 0 Å². The lowest BCUT2D eigenvalue weighted by Crippen LogP contribution is -2.27. The summed E-state index contributed by atoms with van der Waals surface area (Å²) in [6, 6.07) is 7.23. The van der Waals surface area contributed by atoms with E-state index in [0.717, 1.165) is 36.7 Å². The molecule has 0 aliphatic carbocycles. The van der Waals surface area contributed by atoms with Gasteiger partial charge in [-0.15, -0.1) is 0 Å². The molecule has 26 heavy (non-hydrogen) atoms. The number of piperidine rings is 1. The lowest BCUT2D eigenvalue weighted by Gasteiger charge is -2.22. The Bertz CT molecular complexity index is 566. The highest BCUT2D eigenvalue weighted by Gasteiger charge is 2.27. The lowest BCUT2D eigenvalue weighted by molar-refractivity contribution is -0.156. The van der Waals surface area contributed by atoms with Gasteiger partial charge in [0.1, 0.15) is 5.75 Å². The summed E-state index contributed by atoms with van der Waals surface area (Å²) in [4.78, 5) is 22.7. The average molecular weight is 363 g/mol. The molecule has 2 rings (SSSR count). The number of carboxylic acids is 1. The van der Waals surface area contributed by atoms with Gasteiger partial charge >= 0.3 is 11.9 Å². The van der Waals surface area contributed by atoms with Crippen molar-refractivity contribution in [3.8, 4) is 5.75 Å². The number of rotatable bonds is 10. The van der Waals surface area contributed by atoms with Crippen molar-refractivity contribution in [3.05, 3.63) is 29.8 Å². The van der Waals surface area contributed by atoms with E-state index in [9.17, 15) is 9.59 Å². The van der Waals surface area contributed by atoms with Gasteiger partial charge in [0, 0.05) is 0 Å². The zero-order chi connectivity index (χ0) is 18.8. The highest BCUT2D eigenvalue weighted by Crippen LogP contribution is 2.20. The number of benzene rings is 1. The lowest BCUT2D eigenvalue weighted by atomic mass is 9.93. The first-order valence-corrected chi connectivity index (χ1v) is 9.33. The van der Waals surface area contributed by atoms with Gasteiger partial charge in [0.05, 0.1) is 13.7 Å². The van der Waals surface area contributed by atoms with Crippen molar-refractivity contribution >= 4 is 11.9 Å². The number of methoxy groups -OCH3 is 1. The Morgan fingerprint density at radius 1 is 1.19 bits per heavy atom. The highest BCUT2D eigenvalue weighted by molar-refractivity contribution is 5.94. The van der Waals surface area contributed by atoms with E-state index >= 15 is 0 Å². The molecule has 1 atom stereocenters. The first kappa shape index (κ1) is 20.2. The first-order valence-electron chi connectivity index (χ1n) is 9.33. The molecule has 1 aliphatic rings. The SMILES string of the molecule is COC(=O)C(Cc1ccc(OCCCCC2CCNCC2)cc1)C(=O)O. The third-order valence-electron chi connectivity index (χ3n) is 4.88. The molecular weight excluding hydrogens is 334 g/mol. The second-order valence-electron chi connectivity index (χ2n) is 6.80. The van der Waals surface area contributed by atoms with Crippen LogP contribution in [0.25, 0.3) is 0 Å². The van der Waals surface area contributed by atoms with Crippen LogP contribution in [-0.2, 0) is 20.7 Å². The van der Waals surface area contributed by atoms with E-state index in [1.807, 2.05) is 12.1 Å². The minimum absolute atomic E-state index is 0.110. The zero-order valence-corrected chi connectivity index (χ0v) is 15.4. The molecule has 0 aromatic heterocycles. The van der Waals surface area contributed by atoms with Gasteiger partial charge in [-0.1, -0.05) is 18.6 Å². The minimum atomic E-state index is -1.18. The fourth-order valence-corrected chi connectivity index (χ4v) is 3.27. The monoisotopic (exact) mass is 363 g/mol. The molecule has 6 nitrogen and oxygen atoms in total. The molecule has 144 valence electrons. The number of ether oxygens (including phenoxy) is 2. The van der Waals surface area contributed by atoms with Crippen LogP contribution < -0.4 is 10.1 Å². The van der Waals surface area contributed by atoms with Crippen molar-refractivity contribution in [2.75, 3.05) is 26.8 Å². The van der Waals surface area contributed by atoms with Crippen molar-refractivity contribution in [2.24, 2.45) is 11.8 Å². The number of nitrogens with one attached hydrogen (secondary N) is 1. The maximum atomic E-state index is 11.5. The second-order valence-corrected chi connectivity index (χ2v) is 6.80. The van der Waals surface area contributed by atoms with Crippen molar-refractivity contribution in [1.29, 1.82) is 0 Å². The van der Waals surface area contributed by atoms with Crippen molar-refractivity contribution in [2.45, 2.75) is 38.5 Å². The molecule has 0 spiro atoms. The van der Waals surface area contributed by atoms with Crippen LogP contribution in [0.15, 0.2) is 24.3 Å². The molecule has 1 fully saturated rings. The standard InChI is InChI=1S/C20H29NO5/c1-25-20(24)18(19(22)23)14-16-5-7-17(8-6-16)26-13-3-2-4-15-9-11-21-12-10-15/h5-8,15,18,21H,2-4,9-14H2,1H3,(H,22,23). The van der Waals surface area contributed by atoms with E-state index in [4.69, 9.17) is 9.84 Å². The summed E-state index contributed by atoms with van der Waals surface area (Å²) in [6.45, 7) is 2.97. The number of hydrogen-bond acceptors (Lipinski definition) is 5. The molecule has 1 aliphatic heterocycles. The first-order chi connectivity index (χ1) is 12.6. The van der Waals surface area contributed by atoms with Gasteiger partial charge in [0.25, 0.3) is 0 Å². The van der Waals surface area contributed by atoms with Gasteiger partial charge in [0.15, 0.2) is 5.92 Å². The molecule has 6 heteroatoms. The van der Waals surface area contributed by atoms with Crippen LogP contribution in [0.4, 0.5) is 0 Å². The molecule has 0 saturated carbocycles. The van der Waals surface area contributed by atoms with E-state index in [1.165, 1.54) is 32.8 Å². The van der Waals surface area contributed by atoms with Gasteiger partial charge in [-0.2, -0.15) is 0 Å². The fraction of sp³-hybridized carbons (Fsp3) is 0.600. The third kappa shape index (κ3) is 6.67. The number of hydrogen-bond donors (Lipinski definition) is 2. The summed E-state index contributed by atoms with van der Waals surface area (Å²) in [6.07, 6.45) is 6.17. The second kappa shape index (κ2) is 10.8. The predicted molar refractivity (Wildman–Crippen MR) is 98.2 cm³/mol. The number of esters is 1. The third-order valence-corrected chi connectivity index (χ3v) is 4.88. The van der Waals surface area contributed by atoms with E-state index in [1.54, 1.807) is 12.1 Å². The summed E-state index contributed by atoms with van der Waals surface area (Å²) in [7, 11) is 1.19. The molecule has 1 aromatic rings. The normalized spacial score (nSPS) is 16.0. The molecule has 0 amide bonds. The van der Waals surface area contributed by atoms with Crippen molar-refractivity contribution in [1.82, 2.24) is 5.32 Å². The summed E-state index contributed by atoms with van der Waals surface area (Å²) in [5.41, 5.74) is 0.765. The van der Waals surface area contributed by atoms with Gasteiger partial charge in [0.2, 0.25) is 0 Å². The Balaban J connectivity index is 1.69. The Kier molecular flexibility index (Phi) is 8.41. The average Bonchev–Trinajstić information content (AvgIpc) is 2.67. The van der Waals surface area contributed by atoms with E-state index < -0.39 is 17.9 Å². The molecule has 1 aromatic carbocycles. The predicted octanol–water partition coefficient (Wildman–Crippen LogP) is 2.65. The summed E-state index contributed by atoms with van der Waals surface area (Å²) >= 11 is 0. The minimum Gasteiger partial charge on any atom is -0.494 e. The largest absolute Gasteiger partial charge is 0.494 e. The molecule has 1 saturated heterocycles. The number of carbonyl (C=O) groups excluding carboxylic acids is 1. The molecule has 2 N–H and O–H groups in total. The zero-order valence-electron chi connectivity index (χ0n) is 15.4. The van der Waals surface area contributed by atoms with E-state index in [-0.39, 0.29) is 6.42 Å². The maximum Gasteiger partial charge on any atom is 0.320 e. The Morgan fingerprint density at radius 2 is 1.88 bits per heavy atom. The van der Waals surface area contributed by atoms with Crippen LogP contribution in [0.3, 0.4) is 0 Å². The van der Waals surface area contributed by atoms with Gasteiger partial charge in [-0.25, -0.2) is 0 Å². The maximum absolute atomic E-state index is 11.5.